The van der Waals surface area contributed by atoms with E-state index in [9.17, 15) is 14.7 Å². The third-order valence-corrected chi connectivity index (χ3v) is 4.21. The van der Waals surface area contributed by atoms with Gasteiger partial charge < -0.3 is 15.5 Å². The van der Waals surface area contributed by atoms with E-state index in [0.717, 1.165) is 19.3 Å². The number of aromatic carboxylic acids is 1. The summed E-state index contributed by atoms with van der Waals surface area (Å²) in [7, 11) is 0. The van der Waals surface area contributed by atoms with E-state index in [0.29, 0.717) is 18.0 Å². The molecule has 0 saturated heterocycles. The minimum atomic E-state index is -1.02. The maximum atomic E-state index is 12.0. The third kappa shape index (κ3) is 4.04. The number of benzene rings is 1. The fourth-order valence-electron chi connectivity index (χ4n) is 2.99. The highest BCUT2D eigenvalue weighted by Gasteiger charge is 2.26. The molecule has 1 aliphatic carbocycles. The van der Waals surface area contributed by atoms with Crippen molar-refractivity contribution in [2.45, 2.75) is 25.7 Å². The van der Waals surface area contributed by atoms with Gasteiger partial charge in [-0.1, -0.05) is 24.6 Å². The molecule has 1 amide bonds. The number of carbonyl (C=O) groups excluding carboxylic acids is 1. The van der Waals surface area contributed by atoms with Crippen LogP contribution in [-0.2, 0) is 11.2 Å². The van der Waals surface area contributed by atoms with Crippen LogP contribution in [0.15, 0.2) is 24.3 Å². The van der Waals surface area contributed by atoms with Crippen molar-refractivity contribution in [1.82, 2.24) is 5.32 Å². The molecule has 1 aliphatic rings. The number of carboxylic acid groups (broad SMARTS) is 1. The number of hydrogen-bond donors (Lipinski definition) is 3. The smallest absolute Gasteiger partial charge is 0.335 e. The standard InChI is InChI=1S/C16H21NO4/c18-10-13-6-3-5-12(13)9-17-15(19)8-11-4-1-2-7-14(11)16(20)21/h1-2,4,7,12-13,18H,3,5-6,8-10H2,(H,17,19)(H,20,21). The average Bonchev–Trinajstić information content (AvgIpc) is 2.93. The third-order valence-electron chi connectivity index (χ3n) is 4.21. The SMILES string of the molecule is O=C(Cc1ccccc1C(=O)O)NCC1CCCC1CO. The summed E-state index contributed by atoms with van der Waals surface area (Å²) in [6.45, 7) is 0.724. The molecule has 1 fully saturated rings. The Morgan fingerprint density at radius 2 is 1.90 bits per heavy atom. The van der Waals surface area contributed by atoms with E-state index >= 15 is 0 Å². The van der Waals surface area contributed by atoms with Crippen LogP contribution in [0.25, 0.3) is 0 Å². The van der Waals surface area contributed by atoms with Gasteiger partial charge in [-0.15, -0.1) is 0 Å². The summed E-state index contributed by atoms with van der Waals surface area (Å²) in [5.74, 6) is -0.591. The van der Waals surface area contributed by atoms with Crippen molar-refractivity contribution in [3.63, 3.8) is 0 Å². The lowest BCUT2D eigenvalue weighted by molar-refractivity contribution is -0.120. The maximum absolute atomic E-state index is 12.0. The van der Waals surface area contributed by atoms with E-state index in [-0.39, 0.29) is 30.4 Å². The molecule has 1 aromatic rings. The Balaban J connectivity index is 1.89. The molecule has 0 heterocycles. The molecule has 2 atom stereocenters. The van der Waals surface area contributed by atoms with Crippen LogP contribution in [0, 0.1) is 11.8 Å². The van der Waals surface area contributed by atoms with Crippen LogP contribution >= 0.6 is 0 Å². The van der Waals surface area contributed by atoms with Gasteiger partial charge in [0.05, 0.1) is 12.0 Å². The number of carboxylic acids is 1. The van der Waals surface area contributed by atoms with Crippen LogP contribution in [0.1, 0.15) is 35.2 Å². The number of nitrogens with one attached hydrogen (secondary N) is 1. The number of amides is 1. The lowest BCUT2D eigenvalue weighted by Gasteiger charge is -2.18. The fraction of sp³-hybridized carbons (Fsp3) is 0.500. The highest BCUT2D eigenvalue weighted by Crippen LogP contribution is 2.30. The van der Waals surface area contributed by atoms with Gasteiger partial charge in [-0.05, 0) is 36.3 Å². The molecule has 0 radical (unpaired) electrons. The molecule has 2 rings (SSSR count). The van der Waals surface area contributed by atoms with Crippen molar-refractivity contribution in [3.05, 3.63) is 35.4 Å². The molecule has 5 nitrogen and oxygen atoms in total. The van der Waals surface area contributed by atoms with Crippen LogP contribution in [0.2, 0.25) is 0 Å². The van der Waals surface area contributed by atoms with Crippen LogP contribution in [0.5, 0.6) is 0 Å². The van der Waals surface area contributed by atoms with E-state index < -0.39 is 5.97 Å². The number of carbonyl (C=O) groups is 2. The summed E-state index contributed by atoms with van der Waals surface area (Å²) in [6.07, 6.45) is 3.20. The average molecular weight is 291 g/mol. The van der Waals surface area contributed by atoms with E-state index in [1.165, 1.54) is 6.07 Å². The molecular weight excluding hydrogens is 270 g/mol. The first-order valence-electron chi connectivity index (χ1n) is 7.30. The summed E-state index contributed by atoms with van der Waals surface area (Å²) in [5.41, 5.74) is 0.689. The zero-order valence-electron chi connectivity index (χ0n) is 11.9. The van der Waals surface area contributed by atoms with Crippen LogP contribution in [0.3, 0.4) is 0 Å². The van der Waals surface area contributed by atoms with Gasteiger partial charge in [-0.2, -0.15) is 0 Å². The van der Waals surface area contributed by atoms with E-state index in [4.69, 9.17) is 5.11 Å². The Morgan fingerprint density at radius 1 is 1.19 bits per heavy atom. The van der Waals surface area contributed by atoms with Gasteiger partial charge in [0.2, 0.25) is 5.91 Å². The molecule has 5 heteroatoms. The Bertz CT molecular complexity index is 515. The molecule has 0 aliphatic heterocycles. The number of aliphatic hydroxyl groups excluding tert-OH is 1. The zero-order chi connectivity index (χ0) is 15.2. The van der Waals surface area contributed by atoms with Crippen LogP contribution in [-0.4, -0.2) is 35.2 Å². The molecule has 0 spiro atoms. The Kier molecular flexibility index (Phi) is 5.33. The molecule has 1 saturated carbocycles. The van der Waals surface area contributed by atoms with Gasteiger partial charge in [0.1, 0.15) is 0 Å². The summed E-state index contributed by atoms with van der Waals surface area (Å²) >= 11 is 0. The van der Waals surface area contributed by atoms with Crippen molar-refractivity contribution in [3.8, 4) is 0 Å². The van der Waals surface area contributed by atoms with Crippen molar-refractivity contribution in [2.24, 2.45) is 11.8 Å². The van der Waals surface area contributed by atoms with Crippen molar-refractivity contribution in [1.29, 1.82) is 0 Å². The first kappa shape index (κ1) is 15.5. The maximum Gasteiger partial charge on any atom is 0.335 e. The minimum Gasteiger partial charge on any atom is -0.478 e. The molecule has 0 aromatic heterocycles. The van der Waals surface area contributed by atoms with Crippen molar-refractivity contribution < 1.29 is 19.8 Å². The first-order valence-corrected chi connectivity index (χ1v) is 7.30. The lowest BCUT2D eigenvalue weighted by atomic mass is 9.97. The number of hydrogen-bond acceptors (Lipinski definition) is 3. The largest absolute Gasteiger partial charge is 0.478 e. The van der Waals surface area contributed by atoms with Crippen molar-refractivity contribution >= 4 is 11.9 Å². The highest BCUT2D eigenvalue weighted by atomic mass is 16.4. The van der Waals surface area contributed by atoms with Gasteiger partial charge >= 0.3 is 5.97 Å². The quantitative estimate of drug-likeness (QED) is 0.740. The molecule has 0 bridgehead atoms. The van der Waals surface area contributed by atoms with E-state index in [1.54, 1.807) is 18.2 Å². The second-order valence-electron chi connectivity index (χ2n) is 5.58. The summed E-state index contributed by atoms with van der Waals surface area (Å²) < 4.78 is 0. The Hall–Kier alpha value is -1.88. The molecule has 3 N–H and O–H groups in total. The molecule has 2 unspecified atom stereocenters. The Morgan fingerprint density at radius 3 is 2.62 bits per heavy atom. The lowest BCUT2D eigenvalue weighted by Crippen LogP contribution is -2.33. The van der Waals surface area contributed by atoms with Gasteiger partial charge in [0, 0.05) is 13.2 Å². The number of rotatable bonds is 6. The second kappa shape index (κ2) is 7.22. The van der Waals surface area contributed by atoms with Crippen LogP contribution in [0.4, 0.5) is 0 Å². The summed E-state index contributed by atoms with van der Waals surface area (Å²) in [4.78, 5) is 23.1. The predicted octanol–water partition coefficient (Wildman–Crippen LogP) is 1.45. The predicted molar refractivity (Wildman–Crippen MR) is 78.0 cm³/mol. The topological polar surface area (TPSA) is 86.6 Å². The van der Waals surface area contributed by atoms with Gasteiger partial charge in [0.15, 0.2) is 0 Å². The van der Waals surface area contributed by atoms with Gasteiger partial charge in [-0.25, -0.2) is 4.79 Å². The van der Waals surface area contributed by atoms with Gasteiger partial charge in [0.25, 0.3) is 0 Å². The molecule has 114 valence electrons. The molecular formula is C16H21NO4. The highest BCUT2D eigenvalue weighted by molar-refractivity contribution is 5.91. The Labute approximate surface area is 124 Å². The van der Waals surface area contributed by atoms with Crippen molar-refractivity contribution in [2.75, 3.05) is 13.2 Å². The van der Waals surface area contributed by atoms with Gasteiger partial charge in [-0.3, -0.25) is 4.79 Å². The monoisotopic (exact) mass is 291 g/mol. The number of aliphatic hydroxyl groups is 1. The second-order valence-corrected chi connectivity index (χ2v) is 5.58. The van der Waals surface area contributed by atoms with E-state index in [1.807, 2.05) is 0 Å². The van der Waals surface area contributed by atoms with E-state index in [2.05, 4.69) is 5.32 Å². The summed E-state index contributed by atoms with van der Waals surface area (Å²) in [5, 5.41) is 21.2. The van der Waals surface area contributed by atoms with Crippen LogP contribution < -0.4 is 5.32 Å². The minimum absolute atomic E-state index is 0.0684. The normalized spacial score (nSPS) is 21.2. The molecule has 21 heavy (non-hydrogen) atoms. The zero-order valence-corrected chi connectivity index (χ0v) is 11.9. The summed E-state index contributed by atoms with van der Waals surface area (Å²) in [6, 6.07) is 6.54. The first-order chi connectivity index (χ1) is 10.1. The fourth-order valence-corrected chi connectivity index (χ4v) is 2.99. The molecule has 1 aromatic carbocycles.